The lowest BCUT2D eigenvalue weighted by atomic mass is 10.1. The van der Waals surface area contributed by atoms with E-state index in [4.69, 9.17) is 5.73 Å². The summed E-state index contributed by atoms with van der Waals surface area (Å²) in [6.45, 7) is 1.14. The molecular formula is C13H15F3N2O2S. The van der Waals surface area contributed by atoms with Crippen molar-refractivity contribution in [2.75, 3.05) is 18.8 Å². The Morgan fingerprint density at radius 3 is 2.43 bits per heavy atom. The molecule has 0 aliphatic carbocycles. The molecule has 1 aliphatic heterocycles. The second kappa shape index (κ2) is 5.34. The van der Waals surface area contributed by atoms with E-state index >= 15 is 0 Å². The number of hydrogen-bond acceptors (Lipinski definition) is 3. The van der Waals surface area contributed by atoms with Crippen LogP contribution in [0.1, 0.15) is 12.0 Å². The second-order valence-corrected chi connectivity index (χ2v) is 6.77. The van der Waals surface area contributed by atoms with Crippen molar-refractivity contribution in [3.05, 3.63) is 35.4 Å². The molecule has 2 rings (SSSR count). The minimum atomic E-state index is -4.40. The standard InChI is InChI=1S/C13H15F3N2O2S/c1-9-8-11(17)2-3-12(9)21(19,20)18-6-4-10(5-7-18)13(14,15)16/h2-4,8H,5-7,17H2,1H3. The number of benzene rings is 1. The summed E-state index contributed by atoms with van der Waals surface area (Å²) in [5, 5.41) is 0. The molecule has 0 bridgehead atoms. The number of nitrogen functional groups attached to an aromatic ring is 1. The third-order valence-electron chi connectivity index (χ3n) is 3.35. The lowest BCUT2D eigenvalue weighted by Gasteiger charge is -2.27. The van der Waals surface area contributed by atoms with Crippen molar-refractivity contribution in [3.63, 3.8) is 0 Å². The van der Waals surface area contributed by atoms with Gasteiger partial charge in [0.25, 0.3) is 0 Å². The van der Waals surface area contributed by atoms with Gasteiger partial charge >= 0.3 is 6.18 Å². The Balaban J connectivity index is 2.29. The summed E-state index contributed by atoms with van der Waals surface area (Å²) < 4.78 is 63.6. The monoisotopic (exact) mass is 320 g/mol. The van der Waals surface area contributed by atoms with Crippen molar-refractivity contribution in [2.24, 2.45) is 0 Å². The topological polar surface area (TPSA) is 63.4 Å². The van der Waals surface area contributed by atoms with Crippen molar-refractivity contribution in [1.29, 1.82) is 0 Å². The van der Waals surface area contributed by atoms with E-state index in [0.29, 0.717) is 11.3 Å². The number of nitrogens with two attached hydrogens (primary N) is 1. The number of sulfonamides is 1. The molecule has 0 amide bonds. The third-order valence-corrected chi connectivity index (χ3v) is 5.38. The largest absolute Gasteiger partial charge is 0.412 e. The summed E-state index contributed by atoms with van der Waals surface area (Å²) in [5.41, 5.74) is 5.80. The van der Waals surface area contributed by atoms with E-state index in [1.54, 1.807) is 6.92 Å². The van der Waals surface area contributed by atoms with Crippen LogP contribution in [0.2, 0.25) is 0 Å². The molecule has 1 heterocycles. The van der Waals surface area contributed by atoms with E-state index in [9.17, 15) is 21.6 Å². The highest BCUT2D eigenvalue weighted by Gasteiger charge is 2.37. The summed E-state index contributed by atoms with van der Waals surface area (Å²) in [6.07, 6.45) is -3.81. The molecule has 8 heteroatoms. The number of hydrogen-bond donors (Lipinski definition) is 1. The first-order chi connectivity index (χ1) is 9.62. The molecule has 2 N–H and O–H groups in total. The number of anilines is 1. The number of nitrogens with zero attached hydrogens (tertiary/aromatic N) is 1. The van der Waals surface area contributed by atoms with Gasteiger partial charge in [0, 0.05) is 24.4 Å². The molecule has 1 aromatic rings. The van der Waals surface area contributed by atoms with Crippen LogP contribution in [0.5, 0.6) is 0 Å². The molecule has 0 fully saturated rings. The molecule has 0 atom stereocenters. The van der Waals surface area contributed by atoms with E-state index in [0.717, 1.165) is 10.4 Å². The predicted octanol–water partition coefficient (Wildman–Crippen LogP) is 2.46. The Hall–Kier alpha value is -1.54. The van der Waals surface area contributed by atoms with Gasteiger partial charge in [-0.05, 0) is 37.1 Å². The third kappa shape index (κ3) is 3.21. The van der Waals surface area contributed by atoms with E-state index in [2.05, 4.69) is 0 Å². The van der Waals surface area contributed by atoms with Gasteiger partial charge in [-0.15, -0.1) is 0 Å². The highest BCUT2D eigenvalue weighted by Crippen LogP contribution is 2.32. The SMILES string of the molecule is Cc1cc(N)ccc1S(=O)(=O)N1CC=C(C(F)(F)F)CC1. The summed E-state index contributed by atoms with van der Waals surface area (Å²) in [4.78, 5) is 0.0700. The lowest BCUT2D eigenvalue weighted by molar-refractivity contribution is -0.0953. The van der Waals surface area contributed by atoms with Gasteiger partial charge in [-0.25, -0.2) is 8.42 Å². The molecule has 4 nitrogen and oxygen atoms in total. The first kappa shape index (κ1) is 15.8. The van der Waals surface area contributed by atoms with Gasteiger partial charge in [0.15, 0.2) is 0 Å². The fourth-order valence-corrected chi connectivity index (χ4v) is 3.81. The number of aryl methyl sites for hydroxylation is 1. The molecule has 0 saturated carbocycles. The summed E-state index contributed by atoms with van der Waals surface area (Å²) in [7, 11) is -3.81. The van der Waals surface area contributed by atoms with Gasteiger partial charge in [0.05, 0.1) is 4.90 Å². The van der Waals surface area contributed by atoms with Crippen LogP contribution >= 0.6 is 0 Å². The van der Waals surface area contributed by atoms with Gasteiger partial charge in [0.2, 0.25) is 10.0 Å². The zero-order chi connectivity index (χ0) is 15.8. The van der Waals surface area contributed by atoms with Crippen molar-refractivity contribution >= 4 is 15.7 Å². The van der Waals surface area contributed by atoms with Crippen LogP contribution < -0.4 is 5.73 Å². The fraction of sp³-hybridized carbons (Fsp3) is 0.385. The minimum absolute atomic E-state index is 0.0700. The van der Waals surface area contributed by atoms with Crippen molar-refractivity contribution < 1.29 is 21.6 Å². The fourth-order valence-electron chi connectivity index (χ4n) is 2.23. The average molecular weight is 320 g/mol. The van der Waals surface area contributed by atoms with Crippen LogP contribution in [0, 0.1) is 6.92 Å². The van der Waals surface area contributed by atoms with Crippen LogP contribution in [0.4, 0.5) is 18.9 Å². The maximum Gasteiger partial charge on any atom is 0.412 e. The predicted molar refractivity (Wildman–Crippen MR) is 73.1 cm³/mol. The smallest absolute Gasteiger partial charge is 0.399 e. The summed E-state index contributed by atoms with van der Waals surface area (Å²) in [5.74, 6) is 0. The van der Waals surface area contributed by atoms with Crippen LogP contribution in [0.3, 0.4) is 0 Å². The van der Waals surface area contributed by atoms with Gasteiger partial charge in [-0.2, -0.15) is 17.5 Å². The molecule has 116 valence electrons. The molecule has 0 saturated heterocycles. The van der Waals surface area contributed by atoms with E-state index < -0.39 is 21.8 Å². The van der Waals surface area contributed by atoms with E-state index in [1.807, 2.05) is 0 Å². The zero-order valence-electron chi connectivity index (χ0n) is 11.3. The highest BCUT2D eigenvalue weighted by molar-refractivity contribution is 7.89. The van der Waals surface area contributed by atoms with Crippen molar-refractivity contribution in [2.45, 2.75) is 24.4 Å². The van der Waals surface area contributed by atoms with Crippen LogP contribution in [-0.4, -0.2) is 32.0 Å². The second-order valence-electron chi connectivity index (χ2n) is 4.87. The average Bonchev–Trinajstić information content (AvgIpc) is 2.37. The molecule has 21 heavy (non-hydrogen) atoms. The number of alkyl halides is 3. The normalized spacial score (nSPS) is 17.6. The first-order valence-electron chi connectivity index (χ1n) is 6.25. The molecule has 0 aromatic heterocycles. The number of rotatable bonds is 2. The first-order valence-corrected chi connectivity index (χ1v) is 7.69. The van der Waals surface area contributed by atoms with Crippen molar-refractivity contribution in [3.8, 4) is 0 Å². The van der Waals surface area contributed by atoms with Gasteiger partial charge < -0.3 is 5.73 Å². The van der Waals surface area contributed by atoms with Gasteiger partial charge in [-0.1, -0.05) is 6.08 Å². The molecule has 1 aliphatic rings. The van der Waals surface area contributed by atoms with E-state index in [-0.39, 0.29) is 24.4 Å². The maximum atomic E-state index is 12.5. The lowest BCUT2D eigenvalue weighted by Crippen LogP contribution is -2.37. The minimum Gasteiger partial charge on any atom is -0.399 e. The molecular weight excluding hydrogens is 305 g/mol. The molecule has 0 radical (unpaired) electrons. The molecule has 0 spiro atoms. The summed E-state index contributed by atoms with van der Waals surface area (Å²) in [6, 6.07) is 4.36. The van der Waals surface area contributed by atoms with Crippen molar-refractivity contribution in [1.82, 2.24) is 4.31 Å². The number of halogens is 3. The van der Waals surface area contributed by atoms with Crippen LogP contribution in [0.15, 0.2) is 34.7 Å². The Kier molecular flexibility index (Phi) is 4.03. The molecule has 0 unspecified atom stereocenters. The Bertz CT molecular complexity index is 681. The zero-order valence-corrected chi connectivity index (χ0v) is 12.1. The van der Waals surface area contributed by atoms with Crippen LogP contribution in [0.25, 0.3) is 0 Å². The Labute approximate surface area is 121 Å². The highest BCUT2D eigenvalue weighted by atomic mass is 32.2. The van der Waals surface area contributed by atoms with Gasteiger partial charge in [-0.3, -0.25) is 0 Å². The maximum absolute atomic E-state index is 12.5. The van der Waals surface area contributed by atoms with E-state index in [1.165, 1.54) is 18.2 Å². The molecule has 1 aromatic carbocycles. The van der Waals surface area contributed by atoms with Gasteiger partial charge in [0.1, 0.15) is 0 Å². The Morgan fingerprint density at radius 1 is 1.29 bits per heavy atom. The summed E-state index contributed by atoms with van der Waals surface area (Å²) >= 11 is 0. The van der Waals surface area contributed by atoms with Crippen LogP contribution in [-0.2, 0) is 10.0 Å². The Morgan fingerprint density at radius 2 is 1.95 bits per heavy atom. The quantitative estimate of drug-likeness (QED) is 0.672.